The molecular weight excluding hydrogens is 346 g/mol. The second kappa shape index (κ2) is 7.28. The van der Waals surface area contributed by atoms with Gasteiger partial charge in [0.2, 0.25) is 5.95 Å². The van der Waals surface area contributed by atoms with Crippen molar-refractivity contribution in [1.82, 2.24) is 19.7 Å². The molecule has 0 saturated carbocycles. The van der Waals surface area contributed by atoms with Gasteiger partial charge in [-0.2, -0.15) is 21.0 Å². The zero-order chi connectivity index (χ0) is 17.8. The molecule has 4 aromatic rings. The lowest BCUT2D eigenvalue weighted by atomic mass is 10.2. The predicted octanol–water partition coefficient (Wildman–Crippen LogP) is 3.70. The SMILES string of the molecule is O=C(c1ccsc1)n1nc(-c2ccncc2)nc1NCc1ccccc1. The van der Waals surface area contributed by atoms with Crippen molar-refractivity contribution in [2.75, 3.05) is 5.32 Å². The molecule has 0 amide bonds. The van der Waals surface area contributed by atoms with Gasteiger partial charge < -0.3 is 5.32 Å². The van der Waals surface area contributed by atoms with Gasteiger partial charge in [-0.05, 0) is 29.1 Å². The van der Waals surface area contributed by atoms with Gasteiger partial charge in [0.1, 0.15) is 0 Å². The molecule has 128 valence electrons. The van der Waals surface area contributed by atoms with Crippen molar-refractivity contribution < 1.29 is 4.79 Å². The van der Waals surface area contributed by atoms with Crippen LogP contribution >= 0.6 is 11.3 Å². The summed E-state index contributed by atoms with van der Waals surface area (Å²) in [4.78, 5) is 21.3. The molecule has 26 heavy (non-hydrogen) atoms. The molecule has 6 nitrogen and oxygen atoms in total. The second-order valence-electron chi connectivity index (χ2n) is 5.56. The normalized spacial score (nSPS) is 10.6. The highest BCUT2D eigenvalue weighted by atomic mass is 32.1. The Morgan fingerprint density at radius 1 is 1.08 bits per heavy atom. The van der Waals surface area contributed by atoms with Crippen molar-refractivity contribution in [2.45, 2.75) is 6.54 Å². The van der Waals surface area contributed by atoms with Gasteiger partial charge in [0, 0.05) is 29.9 Å². The van der Waals surface area contributed by atoms with E-state index < -0.39 is 0 Å². The Balaban J connectivity index is 1.68. The number of aromatic nitrogens is 4. The molecule has 0 spiro atoms. The molecule has 0 saturated heterocycles. The van der Waals surface area contributed by atoms with E-state index in [4.69, 9.17) is 0 Å². The Hall–Kier alpha value is -3.32. The topological polar surface area (TPSA) is 72.7 Å². The first-order valence-electron chi connectivity index (χ1n) is 8.03. The summed E-state index contributed by atoms with van der Waals surface area (Å²) in [5.41, 5.74) is 2.49. The van der Waals surface area contributed by atoms with Gasteiger partial charge in [-0.1, -0.05) is 30.3 Å². The summed E-state index contributed by atoms with van der Waals surface area (Å²) < 4.78 is 1.32. The predicted molar refractivity (Wildman–Crippen MR) is 101 cm³/mol. The first kappa shape index (κ1) is 16.2. The van der Waals surface area contributed by atoms with Gasteiger partial charge >= 0.3 is 0 Å². The lowest BCUT2D eigenvalue weighted by Crippen LogP contribution is -2.17. The molecule has 4 rings (SSSR count). The first-order chi connectivity index (χ1) is 12.8. The Morgan fingerprint density at radius 2 is 1.88 bits per heavy atom. The molecule has 0 unspecified atom stereocenters. The quantitative estimate of drug-likeness (QED) is 0.587. The third-order valence-electron chi connectivity index (χ3n) is 3.80. The highest BCUT2D eigenvalue weighted by Crippen LogP contribution is 2.19. The minimum atomic E-state index is -0.213. The molecule has 3 aromatic heterocycles. The van der Waals surface area contributed by atoms with Crippen LogP contribution in [0.1, 0.15) is 15.9 Å². The average molecular weight is 361 g/mol. The number of pyridine rings is 1. The highest BCUT2D eigenvalue weighted by Gasteiger charge is 2.19. The maximum atomic E-state index is 12.8. The van der Waals surface area contributed by atoms with Crippen molar-refractivity contribution in [2.24, 2.45) is 0 Å². The maximum Gasteiger partial charge on any atom is 0.282 e. The largest absolute Gasteiger partial charge is 0.350 e. The summed E-state index contributed by atoms with van der Waals surface area (Å²) in [7, 11) is 0. The van der Waals surface area contributed by atoms with Crippen molar-refractivity contribution in [3.05, 3.63) is 82.8 Å². The number of carbonyl (C=O) groups is 1. The zero-order valence-corrected chi connectivity index (χ0v) is 14.6. The van der Waals surface area contributed by atoms with E-state index in [0.717, 1.165) is 11.1 Å². The van der Waals surface area contributed by atoms with E-state index in [-0.39, 0.29) is 5.91 Å². The van der Waals surface area contributed by atoms with E-state index >= 15 is 0 Å². The first-order valence-corrected chi connectivity index (χ1v) is 8.98. The fourth-order valence-corrected chi connectivity index (χ4v) is 3.11. The molecule has 0 atom stereocenters. The molecule has 0 aliphatic carbocycles. The second-order valence-corrected chi connectivity index (χ2v) is 6.34. The lowest BCUT2D eigenvalue weighted by Gasteiger charge is -2.06. The van der Waals surface area contributed by atoms with Gasteiger partial charge in [-0.15, -0.1) is 5.10 Å². The monoisotopic (exact) mass is 361 g/mol. The van der Waals surface area contributed by atoms with Gasteiger partial charge in [-0.25, -0.2) is 0 Å². The molecule has 1 aromatic carbocycles. The third-order valence-corrected chi connectivity index (χ3v) is 4.48. The van der Waals surface area contributed by atoms with Crippen molar-refractivity contribution in [3.8, 4) is 11.4 Å². The molecule has 3 heterocycles. The summed E-state index contributed by atoms with van der Waals surface area (Å²) in [5, 5.41) is 11.3. The Bertz CT molecular complexity index is 997. The van der Waals surface area contributed by atoms with Crippen molar-refractivity contribution in [1.29, 1.82) is 0 Å². The molecule has 0 aliphatic heterocycles. The van der Waals surface area contributed by atoms with Crippen LogP contribution < -0.4 is 5.32 Å². The number of nitrogens with one attached hydrogen (secondary N) is 1. The zero-order valence-electron chi connectivity index (χ0n) is 13.7. The molecule has 0 aliphatic rings. The van der Waals surface area contributed by atoms with E-state index in [0.29, 0.717) is 23.9 Å². The summed E-state index contributed by atoms with van der Waals surface area (Å²) in [6.45, 7) is 0.548. The van der Waals surface area contributed by atoms with Crippen LogP contribution in [0.25, 0.3) is 11.4 Å². The van der Waals surface area contributed by atoms with Crippen LogP contribution in [-0.4, -0.2) is 25.7 Å². The average Bonchev–Trinajstić information content (AvgIpc) is 3.38. The summed E-state index contributed by atoms with van der Waals surface area (Å²) in [6.07, 6.45) is 3.35. The van der Waals surface area contributed by atoms with Gasteiger partial charge in [0.25, 0.3) is 5.91 Å². The van der Waals surface area contributed by atoms with Crippen LogP contribution in [0, 0.1) is 0 Å². The number of rotatable bonds is 5. The number of benzene rings is 1. The Morgan fingerprint density at radius 3 is 2.62 bits per heavy atom. The molecule has 0 radical (unpaired) electrons. The molecule has 0 fully saturated rings. The smallest absolute Gasteiger partial charge is 0.282 e. The number of nitrogens with zero attached hydrogens (tertiary/aromatic N) is 4. The van der Waals surface area contributed by atoms with E-state index in [2.05, 4.69) is 20.4 Å². The van der Waals surface area contributed by atoms with Crippen LogP contribution in [0.5, 0.6) is 0 Å². The lowest BCUT2D eigenvalue weighted by molar-refractivity contribution is 0.0948. The van der Waals surface area contributed by atoms with Crippen molar-refractivity contribution in [3.63, 3.8) is 0 Å². The highest BCUT2D eigenvalue weighted by molar-refractivity contribution is 7.08. The summed E-state index contributed by atoms with van der Waals surface area (Å²) >= 11 is 1.47. The number of anilines is 1. The van der Waals surface area contributed by atoms with Crippen molar-refractivity contribution >= 4 is 23.2 Å². The van der Waals surface area contributed by atoms with Gasteiger partial charge in [0.05, 0.1) is 5.56 Å². The minimum Gasteiger partial charge on any atom is -0.350 e. The number of carbonyl (C=O) groups excluding carboxylic acids is 1. The van der Waals surface area contributed by atoms with E-state index in [1.165, 1.54) is 16.0 Å². The van der Waals surface area contributed by atoms with Crippen LogP contribution in [-0.2, 0) is 6.54 Å². The van der Waals surface area contributed by atoms with Crippen LogP contribution in [0.2, 0.25) is 0 Å². The summed E-state index contributed by atoms with van der Waals surface area (Å²) in [6, 6.07) is 15.3. The van der Waals surface area contributed by atoms with Crippen LogP contribution in [0.4, 0.5) is 5.95 Å². The van der Waals surface area contributed by atoms with Crippen LogP contribution in [0.15, 0.2) is 71.7 Å². The Kier molecular flexibility index (Phi) is 4.53. The van der Waals surface area contributed by atoms with E-state index in [9.17, 15) is 4.79 Å². The molecule has 1 N–H and O–H groups in total. The Labute approximate surface area is 154 Å². The standard InChI is InChI=1S/C19H15N5OS/c25-18(16-8-11-26-13-16)24-19(21-12-14-4-2-1-3-5-14)22-17(23-24)15-6-9-20-10-7-15/h1-11,13H,12H2,(H,21,22,23). The molecule has 0 bridgehead atoms. The minimum absolute atomic E-state index is 0.213. The third kappa shape index (κ3) is 3.38. The number of thiophene rings is 1. The fraction of sp³-hybridized carbons (Fsp3) is 0.0526. The van der Waals surface area contributed by atoms with Gasteiger partial charge in [-0.3, -0.25) is 9.78 Å². The van der Waals surface area contributed by atoms with E-state index in [1.54, 1.807) is 23.8 Å². The maximum absolute atomic E-state index is 12.8. The van der Waals surface area contributed by atoms with Crippen LogP contribution in [0.3, 0.4) is 0 Å². The molecular formula is C19H15N5OS. The summed E-state index contributed by atoms with van der Waals surface area (Å²) in [5.74, 6) is 0.679. The van der Waals surface area contributed by atoms with Gasteiger partial charge in [0.15, 0.2) is 5.82 Å². The molecule has 7 heteroatoms. The number of hydrogen-bond donors (Lipinski definition) is 1. The van der Waals surface area contributed by atoms with E-state index in [1.807, 2.05) is 47.8 Å². The number of hydrogen-bond acceptors (Lipinski definition) is 6. The fourth-order valence-electron chi connectivity index (χ4n) is 2.48.